The average molecular weight is 418 g/mol. The zero-order valence-electron chi connectivity index (χ0n) is 16.6. The van der Waals surface area contributed by atoms with Crippen LogP contribution in [0.25, 0.3) is 0 Å². The van der Waals surface area contributed by atoms with Crippen LogP contribution in [0.15, 0.2) is 24.3 Å². The van der Waals surface area contributed by atoms with Crippen molar-refractivity contribution in [2.75, 3.05) is 11.9 Å². The number of halogens is 1. The molecule has 1 N–H and O–H groups in total. The highest BCUT2D eigenvalue weighted by atomic mass is 35.5. The molecule has 1 saturated heterocycles. The fourth-order valence-electron chi connectivity index (χ4n) is 5.07. The number of urea groups is 1. The van der Waals surface area contributed by atoms with E-state index in [0.29, 0.717) is 10.7 Å². The van der Waals surface area contributed by atoms with Crippen molar-refractivity contribution in [3.63, 3.8) is 0 Å². The van der Waals surface area contributed by atoms with Gasteiger partial charge in [0.1, 0.15) is 6.54 Å². The van der Waals surface area contributed by atoms with Crippen LogP contribution in [0.3, 0.4) is 0 Å². The zero-order valence-corrected chi connectivity index (χ0v) is 17.4. The van der Waals surface area contributed by atoms with E-state index in [-0.39, 0.29) is 42.4 Å². The van der Waals surface area contributed by atoms with Gasteiger partial charge in [-0.3, -0.25) is 14.5 Å². The van der Waals surface area contributed by atoms with Crippen LogP contribution in [0.5, 0.6) is 0 Å². The Labute approximate surface area is 176 Å². The van der Waals surface area contributed by atoms with Crippen molar-refractivity contribution in [1.82, 2.24) is 9.80 Å². The number of carbonyl (C=O) groups is 3. The Kier molecular flexibility index (Phi) is 6.09. The molecule has 0 spiro atoms. The SMILES string of the molecule is O=C(CN1C(=O)N(C2CCCCC2)C(=O)C2CCCCC21)Nc1ccc(Cl)cc1. The molecule has 4 rings (SSSR count). The number of fused-ring (bicyclic) bond motifs is 1. The van der Waals surface area contributed by atoms with Gasteiger partial charge < -0.3 is 10.2 Å². The smallest absolute Gasteiger partial charge is 0.325 e. The molecule has 0 bridgehead atoms. The number of hydrogen-bond donors (Lipinski definition) is 1. The summed E-state index contributed by atoms with van der Waals surface area (Å²) in [6, 6.07) is 6.43. The molecule has 156 valence electrons. The number of nitrogens with zero attached hydrogens (tertiary/aromatic N) is 2. The summed E-state index contributed by atoms with van der Waals surface area (Å²) in [5.74, 6) is -0.435. The van der Waals surface area contributed by atoms with E-state index in [0.717, 1.165) is 57.8 Å². The average Bonchev–Trinajstić information content (AvgIpc) is 2.74. The Morgan fingerprint density at radius 3 is 2.34 bits per heavy atom. The molecule has 3 aliphatic rings. The van der Waals surface area contributed by atoms with E-state index < -0.39 is 0 Å². The molecular weight excluding hydrogens is 390 g/mol. The maximum absolute atomic E-state index is 13.4. The molecule has 1 aliphatic heterocycles. The first kappa shape index (κ1) is 20.2. The van der Waals surface area contributed by atoms with Crippen LogP contribution in [-0.4, -0.2) is 46.3 Å². The van der Waals surface area contributed by atoms with Crippen molar-refractivity contribution in [3.8, 4) is 0 Å². The molecule has 1 aromatic carbocycles. The minimum absolute atomic E-state index is 0.0130. The van der Waals surface area contributed by atoms with Gasteiger partial charge in [0, 0.05) is 22.8 Å². The van der Waals surface area contributed by atoms with Gasteiger partial charge in [0.25, 0.3) is 0 Å². The lowest BCUT2D eigenvalue weighted by molar-refractivity contribution is -0.144. The molecule has 7 heteroatoms. The summed E-state index contributed by atoms with van der Waals surface area (Å²) in [5.41, 5.74) is 0.643. The summed E-state index contributed by atoms with van der Waals surface area (Å²) in [4.78, 5) is 42.4. The molecule has 1 heterocycles. The highest BCUT2D eigenvalue weighted by molar-refractivity contribution is 6.30. The predicted molar refractivity (Wildman–Crippen MR) is 112 cm³/mol. The maximum Gasteiger partial charge on any atom is 0.327 e. The van der Waals surface area contributed by atoms with Crippen LogP contribution in [0.1, 0.15) is 57.8 Å². The normalized spacial score (nSPS) is 25.7. The number of nitrogens with one attached hydrogen (secondary N) is 1. The molecule has 2 aliphatic carbocycles. The fourth-order valence-corrected chi connectivity index (χ4v) is 5.20. The largest absolute Gasteiger partial charge is 0.327 e. The minimum Gasteiger partial charge on any atom is -0.325 e. The van der Waals surface area contributed by atoms with Crippen LogP contribution in [0.4, 0.5) is 10.5 Å². The molecule has 1 aromatic rings. The minimum atomic E-state index is -0.281. The molecule has 6 nitrogen and oxygen atoms in total. The van der Waals surface area contributed by atoms with E-state index in [2.05, 4.69) is 5.32 Å². The lowest BCUT2D eigenvalue weighted by Gasteiger charge is -2.49. The Bertz CT molecular complexity index is 776. The number of amides is 4. The number of benzene rings is 1. The maximum atomic E-state index is 13.4. The number of anilines is 1. The predicted octanol–water partition coefficient (Wildman–Crippen LogP) is 4.43. The van der Waals surface area contributed by atoms with Gasteiger partial charge in [-0.1, -0.05) is 43.7 Å². The lowest BCUT2D eigenvalue weighted by Crippen LogP contribution is -2.65. The monoisotopic (exact) mass is 417 g/mol. The topological polar surface area (TPSA) is 69.7 Å². The molecule has 0 aromatic heterocycles. The van der Waals surface area contributed by atoms with Gasteiger partial charge in [0.2, 0.25) is 11.8 Å². The van der Waals surface area contributed by atoms with E-state index >= 15 is 0 Å². The van der Waals surface area contributed by atoms with Crippen LogP contribution < -0.4 is 5.32 Å². The van der Waals surface area contributed by atoms with Crippen LogP contribution in [0.2, 0.25) is 5.02 Å². The molecular formula is C22H28ClN3O3. The quantitative estimate of drug-likeness (QED) is 0.787. The highest BCUT2D eigenvalue weighted by Gasteiger charge is 2.49. The van der Waals surface area contributed by atoms with Crippen LogP contribution >= 0.6 is 11.6 Å². The van der Waals surface area contributed by atoms with E-state index in [1.165, 1.54) is 4.90 Å². The Balaban J connectivity index is 1.52. The van der Waals surface area contributed by atoms with Crippen molar-refractivity contribution in [2.24, 2.45) is 5.92 Å². The second-order valence-corrected chi connectivity index (χ2v) is 8.86. The summed E-state index contributed by atoms with van der Waals surface area (Å²) in [6.07, 6.45) is 8.58. The third-order valence-corrected chi connectivity index (χ3v) is 6.77. The molecule has 2 atom stereocenters. The second kappa shape index (κ2) is 8.74. The van der Waals surface area contributed by atoms with Gasteiger partial charge in [-0.15, -0.1) is 0 Å². The fraction of sp³-hybridized carbons (Fsp3) is 0.591. The Morgan fingerprint density at radius 2 is 1.62 bits per heavy atom. The third-order valence-electron chi connectivity index (χ3n) is 6.52. The van der Waals surface area contributed by atoms with Crippen LogP contribution in [0, 0.1) is 5.92 Å². The van der Waals surface area contributed by atoms with Crippen molar-refractivity contribution >= 4 is 35.1 Å². The number of hydrogen-bond acceptors (Lipinski definition) is 3. The van der Waals surface area contributed by atoms with Gasteiger partial charge >= 0.3 is 6.03 Å². The second-order valence-electron chi connectivity index (χ2n) is 8.42. The van der Waals surface area contributed by atoms with Gasteiger partial charge in [0.05, 0.1) is 5.92 Å². The van der Waals surface area contributed by atoms with Crippen LogP contribution in [-0.2, 0) is 9.59 Å². The molecule has 3 fully saturated rings. The first-order chi connectivity index (χ1) is 14.0. The van der Waals surface area contributed by atoms with Crippen molar-refractivity contribution in [3.05, 3.63) is 29.3 Å². The van der Waals surface area contributed by atoms with Gasteiger partial charge in [-0.2, -0.15) is 0 Å². The molecule has 2 saturated carbocycles. The zero-order chi connectivity index (χ0) is 20.4. The summed E-state index contributed by atoms with van der Waals surface area (Å²) in [6.45, 7) is -0.0286. The van der Waals surface area contributed by atoms with E-state index in [9.17, 15) is 14.4 Å². The Morgan fingerprint density at radius 1 is 0.966 bits per heavy atom. The first-order valence-corrected chi connectivity index (χ1v) is 11.1. The van der Waals surface area contributed by atoms with Gasteiger partial charge in [-0.05, 0) is 49.9 Å². The van der Waals surface area contributed by atoms with Crippen molar-refractivity contribution < 1.29 is 14.4 Å². The number of carbonyl (C=O) groups excluding carboxylic acids is 3. The summed E-state index contributed by atoms with van der Waals surface area (Å²) in [7, 11) is 0. The van der Waals surface area contributed by atoms with E-state index in [1.807, 2.05) is 0 Å². The summed E-state index contributed by atoms with van der Waals surface area (Å²) < 4.78 is 0. The summed E-state index contributed by atoms with van der Waals surface area (Å²) in [5, 5.41) is 3.44. The van der Waals surface area contributed by atoms with E-state index in [1.54, 1.807) is 29.2 Å². The third kappa shape index (κ3) is 4.27. The van der Waals surface area contributed by atoms with Gasteiger partial charge in [0.15, 0.2) is 0 Å². The van der Waals surface area contributed by atoms with Gasteiger partial charge in [-0.25, -0.2) is 4.79 Å². The van der Waals surface area contributed by atoms with E-state index in [4.69, 9.17) is 11.6 Å². The lowest BCUT2D eigenvalue weighted by atomic mass is 9.80. The molecule has 2 unspecified atom stereocenters. The number of rotatable bonds is 4. The standard InChI is InChI=1S/C22H28ClN3O3/c23-15-10-12-16(13-11-15)24-20(27)14-25-19-9-5-4-8-18(19)21(28)26(22(25)29)17-6-2-1-3-7-17/h10-13,17-19H,1-9,14H2,(H,24,27). The van der Waals surface area contributed by atoms with Crippen molar-refractivity contribution in [1.29, 1.82) is 0 Å². The molecule has 0 radical (unpaired) electrons. The van der Waals surface area contributed by atoms with Crippen molar-refractivity contribution in [2.45, 2.75) is 69.9 Å². The Hall–Kier alpha value is -2.08. The number of imide groups is 1. The molecule has 29 heavy (non-hydrogen) atoms. The highest BCUT2D eigenvalue weighted by Crippen LogP contribution is 2.37. The first-order valence-electron chi connectivity index (χ1n) is 10.7. The molecule has 4 amide bonds. The summed E-state index contributed by atoms with van der Waals surface area (Å²) >= 11 is 5.90.